The minimum atomic E-state index is -5.08. The van der Waals surface area contributed by atoms with E-state index in [0.29, 0.717) is 32.0 Å². The van der Waals surface area contributed by atoms with Crippen molar-refractivity contribution >= 4 is 11.9 Å². The Kier molecular flexibility index (Phi) is 7.96. The number of hydrogen-bond acceptors (Lipinski definition) is 7. The van der Waals surface area contributed by atoms with Gasteiger partial charge in [-0.2, -0.15) is 13.2 Å². The van der Waals surface area contributed by atoms with E-state index in [-0.39, 0.29) is 17.6 Å². The Morgan fingerprint density at radius 1 is 1.37 bits per heavy atom. The molecule has 1 unspecified atom stereocenters. The molecule has 1 aromatic rings. The Morgan fingerprint density at radius 3 is 2.57 bits per heavy atom. The van der Waals surface area contributed by atoms with Gasteiger partial charge >= 0.3 is 12.1 Å². The predicted octanol–water partition coefficient (Wildman–Crippen LogP) is 1.20. The third-order valence-corrected chi connectivity index (χ3v) is 4.60. The Bertz CT molecular complexity index is 712. The number of amides is 1. The standard InChI is InChI=1S/C16H24N4O3.C2HF3O2/c1-19(2)7-3-15(21)20-11-16(12-20)9-13(4-8-22-16)23-14-10-17-5-6-18-14;3-2(4,5)1(6)7/h5-6,10,13H,3-4,7-9,11-12H2,1-2H3;(H,6,7). The Hall–Kier alpha value is -2.47. The number of ether oxygens (including phenoxy) is 2. The summed E-state index contributed by atoms with van der Waals surface area (Å²) in [4.78, 5) is 33.1. The highest BCUT2D eigenvalue weighted by Crippen LogP contribution is 2.35. The molecule has 0 aliphatic carbocycles. The van der Waals surface area contributed by atoms with Gasteiger partial charge in [-0.25, -0.2) is 9.78 Å². The number of hydrogen-bond donors (Lipinski definition) is 1. The van der Waals surface area contributed by atoms with Gasteiger partial charge in [-0.05, 0) is 14.1 Å². The van der Waals surface area contributed by atoms with E-state index in [0.717, 1.165) is 19.4 Å². The summed E-state index contributed by atoms with van der Waals surface area (Å²) in [6, 6.07) is 0. The summed E-state index contributed by atoms with van der Waals surface area (Å²) in [5.74, 6) is -2.01. The van der Waals surface area contributed by atoms with Gasteiger partial charge in [-0.3, -0.25) is 9.78 Å². The van der Waals surface area contributed by atoms with Gasteiger partial charge in [0.15, 0.2) is 0 Å². The maximum absolute atomic E-state index is 12.1. The molecule has 168 valence electrons. The molecule has 9 nitrogen and oxygen atoms in total. The second-order valence-electron chi connectivity index (χ2n) is 7.41. The SMILES string of the molecule is CN(C)CCC(=O)N1CC2(CC(Oc3cnccn3)CCO2)C1.O=C(O)C(F)(F)F. The fourth-order valence-electron chi connectivity index (χ4n) is 3.12. The number of carboxylic acid groups (broad SMARTS) is 1. The van der Waals surface area contributed by atoms with Crippen LogP contribution in [0, 0.1) is 0 Å². The lowest BCUT2D eigenvalue weighted by Gasteiger charge is -2.52. The van der Waals surface area contributed by atoms with E-state index in [1.807, 2.05) is 23.9 Å². The van der Waals surface area contributed by atoms with E-state index in [2.05, 4.69) is 9.97 Å². The first kappa shape index (κ1) is 23.8. The van der Waals surface area contributed by atoms with Gasteiger partial charge in [0.05, 0.1) is 25.9 Å². The van der Waals surface area contributed by atoms with Gasteiger partial charge < -0.3 is 24.4 Å². The highest BCUT2D eigenvalue weighted by molar-refractivity contribution is 5.77. The molecule has 30 heavy (non-hydrogen) atoms. The van der Waals surface area contributed by atoms with Crippen molar-refractivity contribution in [1.29, 1.82) is 0 Å². The largest absolute Gasteiger partial charge is 0.490 e. The molecule has 2 saturated heterocycles. The second-order valence-corrected chi connectivity index (χ2v) is 7.41. The van der Waals surface area contributed by atoms with E-state index in [4.69, 9.17) is 19.4 Å². The maximum atomic E-state index is 12.1. The van der Waals surface area contributed by atoms with Crippen molar-refractivity contribution in [2.24, 2.45) is 0 Å². The number of rotatable bonds is 5. The Balaban J connectivity index is 0.000000396. The number of halogens is 3. The first-order valence-electron chi connectivity index (χ1n) is 9.30. The minimum absolute atomic E-state index is 0.0690. The molecule has 0 bridgehead atoms. The topological polar surface area (TPSA) is 105 Å². The molecular weight excluding hydrogens is 409 g/mol. The molecule has 0 radical (unpaired) electrons. The summed E-state index contributed by atoms with van der Waals surface area (Å²) in [5, 5.41) is 7.12. The number of carboxylic acids is 1. The fourth-order valence-corrected chi connectivity index (χ4v) is 3.12. The number of aromatic nitrogens is 2. The molecule has 1 amide bonds. The van der Waals surface area contributed by atoms with Crippen LogP contribution < -0.4 is 4.74 Å². The average molecular weight is 434 g/mol. The van der Waals surface area contributed by atoms with Crippen molar-refractivity contribution in [1.82, 2.24) is 19.8 Å². The number of alkyl halides is 3. The Labute approximate surface area is 171 Å². The van der Waals surface area contributed by atoms with Crippen LogP contribution in [0.1, 0.15) is 19.3 Å². The highest BCUT2D eigenvalue weighted by atomic mass is 19.4. The molecule has 12 heteroatoms. The van der Waals surface area contributed by atoms with Crippen LogP contribution in [0.15, 0.2) is 18.6 Å². The lowest BCUT2D eigenvalue weighted by molar-refractivity contribution is -0.193. The van der Waals surface area contributed by atoms with Gasteiger partial charge in [0.25, 0.3) is 0 Å². The van der Waals surface area contributed by atoms with E-state index in [9.17, 15) is 18.0 Å². The first-order chi connectivity index (χ1) is 14.0. The number of aliphatic carboxylic acids is 1. The molecule has 0 aromatic carbocycles. The molecule has 3 heterocycles. The van der Waals surface area contributed by atoms with Crippen molar-refractivity contribution < 1.29 is 37.3 Å². The van der Waals surface area contributed by atoms with Crippen molar-refractivity contribution in [2.75, 3.05) is 40.3 Å². The predicted molar refractivity (Wildman–Crippen MR) is 97.8 cm³/mol. The van der Waals surface area contributed by atoms with Crippen LogP contribution in [0.2, 0.25) is 0 Å². The number of carbonyl (C=O) groups is 2. The molecule has 2 fully saturated rings. The normalized spacial score (nSPS) is 20.2. The summed E-state index contributed by atoms with van der Waals surface area (Å²) >= 11 is 0. The van der Waals surface area contributed by atoms with Crippen LogP contribution in [0.25, 0.3) is 0 Å². The summed E-state index contributed by atoms with van der Waals surface area (Å²) in [6.45, 7) is 2.77. The molecule has 2 aliphatic heterocycles. The molecule has 3 rings (SSSR count). The summed E-state index contributed by atoms with van der Waals surface area (Å²) in [6.07, 6.45) is 2.05. The van der Waals surface area contributed by atoms with Crippen molar-refractivity contribution in [3.05, 3.63) is 18.6 Å². The van der Waals surface area contributed by atoms with Gasteiger partial charge in [0.2, 0.25) is 11.8 Å². The summed E-state index contributed by atoms with van der Waals surface area (Å²) in [5.41, 5.74) is -0.237. The summed E-state index contributed by atoms with van der Waals surface area (Å²) < 4.78 is 43.6. The molecule has 1 atom stereocenters. The quantitative estimate of drug-likeness (QED) is 0.737. The summed E-state index contributed by atoms with van der Waals surface area (Å²) in [7, 11) is 3.95. The maximum Gasteiger partial charge on any atom is 0.490 e. The number of carbonyl (C=O) groups excluding carboxylic acids is 1. The third-order valence-electron chi connectivity index (χ3n) is 4.60. The number of nitrogens with zero attached hydrogens (tertiary/aromatic N) is 4. The highest BCUT2D eigenvalue weighted by Gasteiger charge is 2.49. The van der Waals surface area contributed by atoms with E-state index in [1.165, 1.54) is 0 Å². The molecule has 1 spiro atoms. The molecule has 0 saturated carbocycles. The molecule has 1 N–H and O–H groups in total. The van der Waals surface area contributed by atoms with Crippen LogP contribution >= 0.6 is 0 Å². The van der Waals surface area contributed by atoms with E-state index in [1.54, 1.807) is 18.6 Å². The fraction of sp³-hybridized carbons (Fsp3) is 0.667. The van der Waals surface area contributed by atoms with E-state index < -0.39 is 12.1 Å². The second kappa shape index (κ2) is 10.0. The number of likely N-dealkylation sites (tertiary alicyclic amines) is 1. The van der Waals surface area contributed by atoms with Crippen LogP contribution in [0.5, 0.6) is 5.88 Å². The van der Waals surface area contributed by atoms with Crippen LogP contribution in [-0.4, -0.2) is 95.0 Å². The lowest BCUT2D eigenvalue weighted by atomic mass is 9.84. The van der Waals surface area contributed by atoms with Crippen molar-refractivity contribution in [3.8, 4) is 5.88 Å². The van der Waals surface area contributed by atoms with Gasteiger partial charge in [0, 0.05) is 38.2 Å². The monoisotopic (exact) mass is 434 g/mol. The molecular formula is C18H25F3N4O5. The van der Waals surface area contributed by atoms with Crippen LogP contribution in [0.4, 0.5) is 13.2 Å². The zero-order chi connectivity index (χ0) is 22.4. The molecule has 2 aliphatic rings. The molecule has 1 aromatic heterocycles. The van der Waals surface area contributed by atoms with Crippen LogP contribution in [-0.2, 0) is 14.3 Å². The van der Waals surface area contributed by atoms with Crippen molar-refractivity contribution in [3.63, 3.8) is 0 Å². The lowest BCUT2D eigenvalue weighted by Crippen LogP contribution is -2.67. The average Bonchev–Trinajstić information content (AvgIpc) is 2.65. The third kappa shape index (κ3) is 7.10. The zero-order valence-corrected chi connectivity index (χ0v) is 16.8. The van der Waals surface area contributed by atoms with Gasteiger partial charge in [0.1, 0.15) is 11.7 Å². The zero-order valence-electron chi connectivity index (χ0n) is 16.8. The Morgan fingerprint density at radius 2 is 2.03 bits per heavy atom. The minimum Gasteiger partial charge on any atom is -0.475 e. The van der Waals surface area contributed by atoms with E-state index >= 15 is 0 Å². The van der Waals surface area contributed by atoms with Gasteiger partial charge in [-0.15, -0.1) is 0 Å². The first-order valence-corrected chi connectivity index (χ1v) is 9.30. The van der Waals surface area contributed by atoms with Crippen molar-refractivity contribution in [2.45, 2.75) is 37.1 Å². The van der Waals surface area contributed by atoms with Crippen LogP contribution in [0.3, 0.4) is 0 Å². The smallest absolute Gasteiger partial charge is 0.475 e. The van der Waals surface area contributed by atoms with Gasteiger partial charge in [-0.1, -0.05) is 0 Å².